The average Bonchev–Trinajstić information content (AvgIpc) is 0.824. The predicted molar refractivity (Wildman–Crippen MR) is 410 cm³/mol. The smallest absolute Gasteiger partial charge is 0.343 e. The van der Waals surface area contributed by atoms with Crippen LogP contribution in [0.2, 0.25) is 0 Å². The van der Waals surface area contributed by atoms with E-state index in [-0.39, 0.29) is 41.7 Å². The number of ether oxygens (including phenoxy) is 6. The summed E-state index contributed by atoms with van der Waals surface area (Å²) >= 11 is 0. The highest BCUT2D eigenvalue weighted by Crippen LogP contribution is 2.40. The van der Waals surface area contributed by atoms with E-state index >= 15 is 0 Å². The third kappa shape index (κ3) is 41.5. The van der Waals surface area contributed by atoms with Gasteiger partial charge in [0.2, 0.25) is 5.75 Å². The number of aliphatic imine (C=N–C) groups is 2. The summed E-state index contributed by atoms with van der Waals surface area (Å²) in [5, 5.41) is 21.5. The molecule has 12 nitrogen and oxygen atoms in total. The first-order chi connectivity index (χ1) is 48.3. The van der Waals surface area contributed by atoms with Gasteiger partial charge in [-0.2, -0.15) is 0 Å². The molecule has 0 spiro atoms. The Kier molecular flexibility index (Phi) is 50.6. The number of phenols is 2. The fourth-order valence-corrected chi connectivity index (χ4v) is 12.4. The molecule has 0 atom stereocenters. The second-order valence-electron chi connectivity index (χ2n) is 27.6. The topological polar surface area (TPSA) is 155 Å². The van der Waals surface area contributed by atoms with Gasteiger partial charge in [-0.05, 0) is 98.5 Å². The Morgan fingerprint density at radius 3 is 0.888 bits per heavy atom. The van der Waals surface area contributed by atoms with Crippen LogP contribution in [0.4, 0.5) is 0 Å². The summed E-state index contributed by atoms with van der Waals surface area (Å²) < 4.78 is 37.5. The van der Waals surface area contributed by atoms with Crippen LogP contribution >= 0.6 is 0 Å². The molecule has 4 rings (SSSR count). The van der Waals surface area contributed by atoms with Gasteiger partial charge in [-0.3, -0.25) is 9.98 Å². The van der Waals surface area contributed by atoms with Crippen molar-refractivity contribution in [2.24, 2.45) is 9.98 Å². The first-order valence-corrected chi connectivity index (χ1v) is 40.1. The molecule has 0 amide bonds. The first-order valence-electron chi connectivity index (χ1n) is 40.1. The highest BCUT2D eigenvalue weighted by Gasteiger charge is 2.22. The molecule has 0 bridgehead atoms. The summed E-state index contributed by atoms with van der Waals surface area (Å²) in [4.78, 5) is 36.3. The van der Waals surface area contributed by atoms with Gasteiger partial charge in [-0.25, -0.2) is 9.59 Å². The van der Waals surface area contributed by atoms with Gasteiger partial charge in [-0.1, -0.05) is 310 Å². The van der Waals surface area contributed by atoms with Crippen LogP contribution in [0.5, 0.6) is 46.0 Å². The van der Waals surface area contributed by atoms with Crippen LogP contribution in [0.15, 0.2) is 82.8 Å². The van der Waals surface area contributed by atoms with Gasteiger partial charge < -0.3 is 38.6 Å². The molecule has 12 heteroatoms. The summed E-state index contributed by atoms with van der Waals surface area (Å²) in [6.07, 6.45) is 63.8. The van der Waals surface area contributed by atoms with Gasteiger partial charge in [-0.15, -0.1) is 0 Å². The van der Waals surface area contributed by atoms with Crippen molar-refractivity contribution in [2.45, 2.75) is 336 Å². The SMILES string of the molecule is CCCCCCCCCCCCCCCCOc1cc(C(=O)Oc2ccc(O)c(C=NCCN=Cc3cc(OC(=O)c4ccc(OCCCCCCCC)cc4)ccc3O)c2)cc(OCCCCCCCCCCCCCCCC)c1OCCCCCCCCCCCCCCCC. The van der Waals surface area contributed by atoms with Crippen molar-refractivity contribution in [3.05, 3.63) is 95.1 Å². The van der Waals surface area contributed by atoms with Gasteiger partial charge in [0.1, 0.15) is 28.7 Å². The van der Waals surface area contributed by atoms with Crippen molar-refractivity contribution >= 4 is 24.4 Å². The van der Waals surface area contributed by atoms with E-state index in [0.717, 1.165) is 51.4 Å². The molecule has 0 aliphatic heterocycles. The lowest BCUT2D eigenvalue weighted by molar-refractivity contribution is 0.0724. The van der Waals surface area contributed by atoms with Gasteiger partial charge in [0.05, 0.1) is 50.6 Å². The number of rotatable bonds is 65. The van der Waals surface area contributed by atoms with Crippen LogP contribution in [0.1, 0.15) is 368 Å². The maximum atomic E-state index is 14.3. The standard InChI is InChI=1S/C86H136N2O10/c1-5-9-13-17-21-24-27-30-33-36-39-42-46-50-64-94-82-69-74(70-83(95-65-51-47-43-40-37-34-31-28-25-22-18-14-10-6-2)84(82)96-66-52-48-44-41-38-35-32-29-26-23-19-15-11-7-3)86(92)98-79-58-60-81(90)76(68-79)72-88-62-61-87-71-75-67-78(57-59-80(75)89)97-85(91)73-53-55-77(56-54-73)93-63-49-45-20-16-12-8-4/h53-60,67-72,89-90H,5-52,61-66H2,1-4H3. The Morgan fingerprint density at radius 2 is 0.571 bits per heavy atom. The molecule has 0 radical (unpaired) electrons. The molecule has 0 heterocycles. The van der Waals surface area contributed by atoms with E-state index in [1.807, 2.05) is 0 Å². The molecule has 550 valence electrons. The van der Waals surface area contributed by atoms with Gasteiger partial charge in [0.25, 0.3) is 0 Å². The highest BCUT2D eigenvalue weighted by atomic mass is 16.6. The van der Waals surface area contributed by atoms with Gasteiger partial charge >= 0.3 is 11.9 Å². The molecule has 0 unspecified atom stereocenters. The number of aromatic hydroxyl groups is 2. The molecule has 2 N–H and O–H groups in total. The van der Waals surface area contributed by atoms with E-state index in [9.17, 15) is 19.8 Å². The third-order valence-electron chi connectivity index (χ3n) is 18.6. The zero-order chi connectivity index (χ0) is 69.8. The number of phenolic OH excluding ortho intramolecular Hbond substituents is 2. The quantitative estimate of drug-likeness (QED) is 0.0189. The molecular weight excluding hydrogens is 1220 g/mol. The Hall–Kier alpha value is -6.04. The van der Waals surface area contributed by atoms with Gasteiger partial charge in [0, 0.05) is 23.6 Å². The van der Waals surface area contributed by atoms with Crippen molar-refractivity contribution in [1.29, 1.82) is 0 Å². The Morgan fingerprint density at radius 1 is 0.306 bits per heavy atom. The number of esters is 2. The number of unbranched alkanes of at least 4 members (excludes halogenated alkanes) is 44. The average molecular weight is 1360 g/mol. The molecule has 0 saturated heterocycles. The molecule has 0 aliphatic carbocycles. The first kappa shape index (κ1) is 84.4. The van der Waals surface area contributed by atoms with Crippen molar-refractivity contribution in [3.8, 4) is 46.0 Å². The van der Waals surface area contributed by atoms with E-state index < -0.39 is 11.9 Å². The number of carbonyl (C=O) groups excluding carboxylic acids is 2. The van der Waals surface area contributed by atoms with Crippen LogP contribution < -0.4 is 28.4 Å². The number of hydrogen-bond acceptors (Lipinski definition) is 12. The van der Waals surface area contributed by atoms with Crippen LogP contribution in [-0.2, 0) is 0 Å². The van der Waals surface area contributed by atoms with Crippen molar-refractivity contribution < 1.29 is 48.2 Å². The summed E-state index contributed by atoms with van der Waals surface area (Å²) in [6, 6.07) is 19.6. The zero-order valence-corrected chi connectivity index (χ0v) is 62.3. The molecular formula is C86H136N2O10. The monoisotopic (exact) mass is 1360 g/mol. The van der Waals surface area contributed by atoms with Crippen LogP contribution in [0.3, 0.4) is 0 Å². The van der Waals surface area contributed by atoms with E-state index in [4.69, 9.17) is 28.4 Å². The highest BCUT2D eigenvalue weighted by molar-refractivity contribution is 5.94. The number of carbonyl (C=O) groups is 2. The summed E-state index contributed by atoms with van der Waals surface area (Å²) in [7, 11) is 0. The second-order valence-corrected chi connectivity index (χ2v) is 27.6. The van der Waals surface area contributed by atoms with E-state index in [2.05, 4.69) is 37.7 Å². The fraction of sp³-hybridized carbons (Fsp3) is 0.674. The Bertz CT molecular complexity index is 2620. The van der Waals surface area contributed by atoms with Crippen LogP contribution in [-0.4, -0.2) is 74.1 Å². The lowest BCUT2D eigenvalue weighted by Gasteiger charge is -2.19. The van der Waals surface area contributed by atoms with Crippen molar-refractivity contribution in [3.63, 3.8) is 0 Å². The number of nitrogens with zero attached hydrogens (tertiary/aromatic N) is 2. The Balaban J connectivity index is 1.38. The zero-order valence-electron chi connectivity index (χ0n) is 62.3. The van der Waals surface area contributed by atoms with Crippen LogP contribution in [0, 0.1) is 0 Å². The lowest BCUT2D eigenvalue weighted by Crippen LogP contribution is -2.12. The molecule has 0 aliphatic rings. The minimum Gasteiger partial charge on any atom is -0.507 e. The molecule has 4 aromatic rings. The summed E-state index contributed by atoms with van der Waals surface area (Å²) in [5.41, 5.74) is 1.40. The second kappa shape index (κ2) is 58.7. The third-order valence-corrected chi connectivity index (χ3v) is 18.6. The fourth-order valence-electron chi connectivity index (χ4n) is 12.4. The predicted octanol–water partition coefficient (Wildman–Crippen LogP) is 25.4. The summed E-state index contributed by atoms with van der Waals surface area (Å²) in [6.45, 7) is 11.7. The van der Waals surface area contributed by atoms with Crippen LogP contribution in [0.25, 0.3) is 0 Å². The molecule has 0 fully saturated rings. The molecule has 0 saturated carbocycles. The Labute approximate surface area is 596 Å². The molecule has 0 aromatic heterocycles. The largest absolute Gasteiger partial charge is 0.507 e. The number of benzene rings is 4. The maximum absolute atomic E-state index is 14.3. The molecule has 98 heavy (non-hydrogen) atoms. The minimum absolute atomic E-state index is 0.0205. The lowest BCUT2D eigenvalue weighted by atomic mass is 10.0. The maximum Gasteiger partial charge on any atom is 0.343 e. The number of hydrogen-bond donors (Lipinski definition) is 2. The normalized spacial score (nSPS) is 11.5. The van der Waals surface area contributed by atoms with Gasteiger partial charge in [0.15, 0.2) is 11.5 Å². The molecule has 4 aromatic carbocycles. The van der Waals surface area contributed by atoms with Crippen molar-refractivity contribution in [1.82, 2.24) is 0 Å². The minimum atomic E-state index is -0.589. The van der Waals surface area contributed by atoms with E-state index in [0.29, 0.717) is 66.1 Å². The van der Waals surface area contributed by atoms with E-state index in [1.165, 1.54) is 287 Å². The summed E-state index contributed by atoms with van der Waals surface area (Å²) in [5.74, 6) is 1.56. The van der Waals surface area contributed by atoms with Crippen molar-refractivity contribution in [2.75, 3.05) is 39.5 Å². The van der Waals surface area contributed by atoms with E-state index in [1.54, 1.807) is 54.6 Å².